The lowest BCUT2D eigenvalue weighted by molar-refractivity contribution is -0.140. The number of halogens is 9. The van der Waals surface area contributed by atoms with Crippen molar-refractivity contribution in [3.8, 4) is 0 Å². The first-order valence-electron chi connectivity index (χ1n) is 10.6. The van der Waals surface area contributed by atoms with Gasteiger partial charge in [0.1, 0.15) is 6.54 Å². The molecule has 2 N–H and O–H groups in total. The fourth-order valence-electron chi connectivity index (χ4n) is 3.21. The summed E-state index contributed by atoms with van der Waals surface area (Å²) in [6.45, 7) is 1.21. The standard InChI is InChI=1S/C24H21Cl3F6N2O2/c1-12-7-14(4-6-17(24(31,32)33)15-8-18(25)20(27)19(26)9-15)3-5-16(12)22(37)34-10-13(2)21(36)35-11-23(28,29)30/h3-9,13,17H,10-11H2,1-2H3,(H,34,37)(H,35,36)/b6-4+. The number of aryl methyl sites for hydroxylation is 1. The lowest BCUT2D eigenvalue weighted by Crippen LogP contribution is -2.41. The van der Waals surface area contributed by atoms with Crippen LogP contribution in [0.5, 0.6) is 0 Å². The minimum Gasteiger partial charge on any atom is -0.351 e. The van der Waals surface area contributed by atoms with Crippen molar-refractivity contribution >= 4 is 52.7 Å². The van der Waals surface area contributed by atoms with E-state index in [0.29, 0.717) is 11.1 Å². The molecule has 0 bridgehead atoms. The van der Waals surface area contributed by atoms with Crippen LogP contribution in [0.15, 0.2) is 36.4 Å². The first kappa shape index (κ1) is 30.8. The lowest BCUT2D eigenvalue weighted by Gasteiger charge is -2.18. The van der Waals surface area contributed by atoms with Crippen LogP contribution in [-0.4, -0.2) is 37.3 Å². The van der Waals surface area contributed by atoms with Crippen LogP contribution in [0.2, 0.25) is 15.1 Å². The van der Waals surface area contributed by atoms with Gasteiger partial charge in [0.2, 0.25) is 5.91 Å². The molecule has 0 saturated heterocycles. The molecule has 0 radical (unpaired) electrons. The van der Waals surface area contributed by atoms with Crippen molar-refractivity contribution < 1.29 is 35.9 Å². The Hall–Kier alpha value is -2.43. The van der Waals surface area contributed by atoms with Gasteiger partial charge in [-0.3, -0.25) is 9.59 Å². The molecule has 0 saturated carbocycles. The summed E-state index contributed by atoms with van der Waals surface area (Å²) in [4.78, 5) is 24.2. The van der Waals surface area contributed by atoms with E-state index in [9.17, 15) is 35.9 Å². The summed E-state index contributed by atoms with van der Waals surface area (Å²) in [5, 5.41) is 3.90. The van der Waals surface area contributed by atoms with Crippen molar-refractivity contribution in [2.24, 2.45) is 5.92 Å². The summed E-state index contributed by atoms with van der Waals surface area (Å²) in [5.41, 5.74) is 0.775. The van der Waals surface area contributed by atoms with E-state index < -0.39 is 42.5 Å². The van der Waals surface area contributed by atoms with Gasteiger partial charge in [0, 0.05) is 12.1 Å². The summed E-state index contributed by atoms with van der Waals surface area (Å²) in [5.74, 6) is -4.43. The maximum Gasteiger partial charge on any atom is 0.405 e. The Morgan fingerprint density at radius 1 is 0.973 bits per heavy atom. The third kappa shape index (κ3) is 9.12. The first-order chi connectivity index (χ1) is 17.0. The average molecular weight is 590 g/mol. The Balaban J connectivity index is 2.12. The van der Waals surface area contributed by atoms with Gasteiger partial charge in [-0.2, -0.15) is 26.3 Å². The molecular weight excluding hydrogens is 569 g/mol. The van der Waals surface area contributed by atoms with E-state index >= 15 is 0 Å². The zero-order chi connectivity index (χ0) is 28.1. The fraction of sp³-hybridized carbons (Fsp3) is 0.333. The van der Waals surface area contributed by atoms with Crippen LogP contribution in [0.3, 0.4) is 0 Å². The van der Waals surface area contributed by atoms with E-state index in [1.165, 1.54) is 31.2 Å². The number of benzene rings is 2. The summed E-state index contributed by atoms with van der Waals surface area (Å²) < 4.78 is 77.8. The zero-order valence-corrected chi connectivity index (χ0v) is 21.6. The van der Waals surface area contributed by atoms with Gasteiger partial charge in [0.05, 0.1) is 26.9 Å². The minimum atomic E-state index is -4.66. The number of alkyl halides is 6. The predicted molar refractivity (Wildman–Crippen MR) is 131 cm³/mol. The van der Waals surface area contributed by atoms with Crippen LogP contribution in [0, 0.1) is 12.8 Å². The Labute approximate surface area is 224 Å². The van der Waals surface area contributed by atoms with Crippen molar-refractivity contribution in [3.63, 3.8) is 0 Å². The predicted octanol–water partition coefficient (Wildman–Crippen LogP) is 7.36. The SMILES string of the molecule is Cc1cc(/C=C/C(c2cc(Cl)c(Cl)c(Cl)c2)C(F)(F)F)ccc1C(=O)NCC(C)C(=O)NCC(F)(F)F. The Bertz CT molecular complexity index is 1160. The Morgan fingerprint density at radius 3 is 2.08 bits per heavy atom. The number of carbonyl (C=O) groups is 2. The molecule has 2 aromatic rings. The van der Waals surface area contributed by atoms with Crippen molar-refractivity contribution in [1.82, 2.24) is 10.6 Å². The number of nitrogens with one attached hydrogen (secondary N) is 2. The van der Waals surface area contributed by atoms with Crippen LogP contribution in [0.4, 0.5) is 26.3 Å². The topological polar surface area (TPSA) is 58.2 Å². The van der Waals surface area contributed by atoms with Crippen molar-refractivity contribution in [3.05, 3.63) is 73.7 Å². The zero-order valence-electron chi connectivity index (χ0n) is 19.3. The fourth-order valence-corrected chi connectivity index (χ4v) is 3.82. The molecule has 202 valence electrons. The second kappa shape index (κ2) is 12.4. The van der Waals surface area contributed by atoms with Gasteiger partial charge in [-0.25, -0.2) is 0 Å². The van der Waals surface area contributed by atoms with Gasteiger partial charge in [0.25, 0.3) is 5.91 Å². The second-order valence-electron chi connectivity index (χ2n) is 8.20. The number of rotatable bonds is 8. The van der Waals surface area contributed by atoms with Crippen molar-refractivity contribution in [1.29, 1.82) is 0 Å². The molecular formula is C24H21Cl3F6N2O2. The van der Waals surface area contributed by atoms with Crippen LogP contribution in [0.1, 0.15) is 39.9 Å². The van der Waals surface area contributed by atoms with Gasteiger partial charge in [-0.15, -0.1) is 0 Å². The molecule has 0 heterocycles. The second-order valence-corrected chi connectivity index (χ2v) is 9.39. The van der Waals surface area contributed by atoms with Crippen molar-refractivity contribution in [2.45, 2.75) is 32.1 Å². The third-order valence-corrected chi connectivity index (χ3v) is 6.37. The maximum atomic E-state index is 13.7. The summed E-state index contributed by atoms with van der Waals surface area (Å²) in [6.07, 6.45) is -7.06. The summed E-state index contributed by atoms with van der Waals surface area (Å²) in [7, 11) is 0. The number of amides is 2. The molecule has 0 spiro atoms. The normalized spacial score (nSPS) is 13.9. The van der Waals surface area contributed by atoms with Gasteiger partial charge in [0.15, 0.2) is 0 Å². The van der Waals surface area contributed by atoms with E-state index in [1.54, 1.807) is 12.2 Å². The van der Waals surface area contributed by atoms with Gasteiger partial charge in [-0.05, 0) is 41.8 Å². The average Bonchev–Trinajstić information content (AvgIpc) is 2.77. The van der Waals surface area contributed by atoms with Crippen LogP contribution in [-0.2, 0) is 4.79 Å². The largest absolute Gasteiger partial charge is 0.405 e. The van der Waals surface area contributed by atoms with E-state index in [-0.39, 0.29) is 32.7 Å². The van der Waals surface area contributed by atoms with E-state index in [4.69, 9.17) is 34.8 Å². The molecule has 4 nitrogen and oxygen atoms in total. The number of carbonyl (C=O) groups excluding carboxylic acids is 2. The smallest absolute Gasteiger partial charge is 0.351 e. The minimum absolute atomic E-state index is 0.0576. The van der Waals surface area contributed by atoms with Crippen molar-refractivity contribution in [2.75, 3.05) is 13.1 Å². The number of hydrogen-bond donors (Lipinski definition) is 2. The number of hydrogen-bond acceptors (Lipinski definition) is 2. The van der Waals surface area contributed by atoms with Crippen LogP contribution in [0.25, 0.3) is 6.08 Å². The highest BCUT2D eigenvalue weighted by molar-refractivity contribution is 6.48. The molecule has 2 rings (SSSR count). The Morgan fingerprint density at radius 2 is 1.57 bits per heavy atom. The molecule has 37 heavy (non-hydrogen) atoms. The van der Waals surface area contributed by atoms with Gasteiger partial charge >= 0.3 is 12.4 Å². The van der Waals surface area contributed by atoms with E-state index in [1.807, 2.05) is 0 Å². The molecule has 2 aromatic carbocycles. The molecule has 2 atom stereocenters. The van der Waals surface area contributed by atoms with Crippen LogP contribution >= 0.6 is 34.8 Å². The Kier molecular flexibility index (Phi) is 10.3. The molecule has 13 heteroatoms. The molecule has 0 aliphatic rings. The highest BCUT2D eigenvalue weighted by atomic mass is 35.5. The summed E-state index contributed by atoms with van der Waals surface area (Å²) in [6, 6.07) is 6.47. The highest BCUT2D eigenvalue weighted by Crippen LogP contribution is 2.41. The maximum absolute atomic E-state index is 13.7. The first-order valence-corrected chi connectivity index (χ1v) is 11.8. The molecule has 2 amide bonds. The number of allylic oxidation sites excluding steroid dienone is 1. The lowest BCUT2D eigenvalue weighted by atomic mass is 9.96. The monoisotopic (exact) mass is 588 g/mol. The third-order valence-electron chi connectivity index (χ3n) is 5.17. The van der Waals surface area contributed by atoms with E-state index in [0.717, 1.165) is 18.2 Å². The molecule has 0 fully saturated rings. The van der Waals surface area contributed by atoms with E-state index in [2.05, 4.69) is 5.32 Å². The summed E-state index contributed by atoms with van der Waals surface area (Å²) >= 11 is 17.6. The molecule has 0 aliphatic carbocycles. The molecule has 0 aromatic heterocycles. The highest BCUT2D eigenvalue weighted by Gasteiger charge is 2.39. The molecule has 0 aliphatic heterocycles. The van der Waals surface area contributed by atoms with Gasteiger partial charge in [-0.1, -0.05) is 66.0 Å². The molecule has 2 unspecified atom stereocenters. The quantitative estimate of drug-likeness (QED) is 0.250. The van der Waals surface area contributed by atoms with Gasteiger partial charge < -0.3 is 10.6 Å². The van der Waals surface area contributed by atoms with Crippen LogP contribution < -0.4 is 10.6 Å².